The molecule has 122 valence electrons. The zero-order valence-electron chi connectivity index (χ0n) is 13.0. The van der Waals surface area contributed by atoms with E-state index in [-0.39, 0.29) is 12.1 Å². The van der Waals surface area contributed by atoms with Crippen LogP contribution >= 0.6 is 0 Å². The Hall–Kier alpha value is -1.69. The molecule has 5 heteroatoms. The molecule has 3 N–H and O–H groups in total. The summed E-state index contributed by atoms with van der Waals surface area (Å²) in [6.07, 6.45) is 3.37. The molecule has 0 aliphatic heterocycles. The van der Waals surface area contributed by atoms with E-state index in [1.165, 1.54) is 0 Å². The highest BCUT2D eigenvalue weighted by molar-refractivity contribution is 7.89. The smallest absolute Gasteiger partial charge is 0.240 e. The molecule has 0 unspecified atom stereocenters. The molecule has 0 amide bonds. The van der Waals surface area contributed by atoms with Gasteiger partial charge in [-0.1, -0.05) is 42.5 Å². The van der Waals surface area contributed by atoms with Crippen LogP contribution < -0.4 is 10.5 Å². The standard InChI is InChI=1S/C18H22N2O2S/c19-16-8-10-17(11-9-16)20-23(21,22)18-12-6-15(7-13-18)14-4-2-1-3-5-14/h1-7,12-13,16-17,20H,8-11,19H2. The summed E-state index contributed by atoms with van der Waals surface area (Å²) in [5.74, 6) is 0. The first-order chi connectivity index (χ1) is 11.0. The molecule has 3 rings (SSSR count). The molecule has 1 fully saturated rings. The van der Waals surface area contributed by atoms with Crippen molar-refractivity contribution in [2.75, 3.05) is 0 Å². The molecule has 2 aromatic rings. The first-order valence-electron chi connectivity index (χ1n) is 7.98. The summed E-state index contributed by atoms with van der Waals surface area (Å²) in [6.45, 7) is 0. The van der Waals surface area contributed by atoms with Gasteiger partial charge in [-0.15, -0.1) is 0 Å². The van der Waals surface area contributed by atoms with Crippen molar-refractivity contribution in [2.45, 2.75) is 42.7 Å². The van der Waals surface area contributed by atoms with Crippen LogP contribution in [0.2, 0.25) is 0 Å². The van der Waals surface area contributed by atoms with Gasteiger partial charge >= 0.3 is 0 Å². The Kier molecular flexibility index (Phi) is 4.80. The maximum atomic E-state index is 12.5. The van der Waals surface area contributed by atoms with E-state index in [9.17, 15) is 8.42 Å². The van der Waals surface area contributed by atoms with Crippen molar-refractivity contribution < 1.29 is 8.42 Å². The molecular formula is C18H22N2O2S. The molecule has 0 saturated heterocycles. The van der Waals surface area contributed by atoms with Crippen molar-refractivity contribution in [1.82, 2.24) is 4.72 Å². The van der Waals surface area contributed by atoms with E-state index in [4.69, 9.17) is 5.73 Å². The van der Waals surface area contributed by atoms with Crippen LogP contribution in [0.1, 0.15) is 25.7 Å². The molecular weight excluding hydrogens is 308 g/mol. The SMILES string of the molecule is NC1CCC(NS(=O)(=O)c2ccc(-c3ccccc3)cc2)CC1. The molecule has 1 saturated carbocycles. The van der Waals surface area contributed by atoms with Crippen LogP contribution in [-0.2, 0) is 10.0 Å². The van der Waals surface area contributed by atoms with E-state index in [1.807, 2.05) is 42.5 Å². The molecule has 1 aliphatic rings. The van der Waals surface area contributed by atoms with Crippen molar-refractivity contribution in [3.8, 4) is 11.1 Å². The Bertz CT molecular complexity index is 734. The number of sulfonamides is 1. The van der Waals surface area contributed by atoms with Gasteiger partial charge in [0.05, 0.1) is 4.90 Å². The van der Waals surface area contributed by atoms with E-state index in [0.29, 0.717) is 4.90 Å². The predicted octanol–water partition coefficient (Wildman–Crippen LogP) is 2.90. The van der Waals surface area contributed by atoms with Crippen molar-refractivity contribution >= 4 is 10.0 Å². The van der Waals surface area contributed by atoms with Gasteiger partial charge in [0.15, 0.2) is 0 Å². The average Bonchev–Trinajstić information content (AvgIpc) is 2.58. The lowest BCUT2D eigenvalue weighted by atomic mass is 9.93. The van der Waals surface area contributed by atoms with Gasteiger partial charge in [0.25, 0.3) is 0 Å². The Balaban J connectivity index is 1.73. The Morgan fingerprint density at radius 1 is 0.826 bits per heavy atom. The molecule has 4 nitrogen and oxygen atoms in total. The normalized spacial score (nSPS) is 22.0. The second-order valence-corrected chi connectivity index (χ2v) is 7.84. The van der Waals surface area contributed by atoms with Crippen LogP contribution in [0.15, 0.2) is 59.5 Å². The summed E-state index contributed by atoms with van der Waals surface area (Å²) in [6, 6.07) is 17.1. The van der Waals surface area contributed by atoms with Gasteiger partial charge in [-0.25, -0.2) is 13.1 Å². The van der Waals surface area contributed by atoms with E-state index < -0.39 is 10.0 Å². The molecule has 0 bridgehead atoms. The predicted molar refractivity (Wildman–Crippen MR) is 92.4 cm³/mol. The second kappa shape index (κ2) is 6.83. The van der Waals surface area contributed by atoms with Crippen LogP contribution in [0, 0.1) is 0 Å². The third-order valence-electron chi connectivity index (χ3n) is 4.37. The number of nitrogens with one attached hydrogen (secondary N) is 1. The summed E-state index contributed by atoms with van der Waals surface area (Å²) in [5.41, 5.74) is 7.95. The quantitative estimate of drug-likeness (QED) is 0.905. The molecule has 0 radical (unpaired) electrons. The maximum absolute atomic E-state index is 12.5. The minimum atomic E-state index is -3.47. The van der Waals surface area contributed by atoms with E-state index in [2.05, 4.69) is 4.72 Å². The van der Waals surface area contributed by atoms with Gasteiger partial charge < -0.3 is 5.73 Å². The fourth-order valence-electron chi connectivity index (χ4n) is 2.98. The summed E-state index contributed by atoms with van der Waals surface area (Å²) < 4.78 is 27.8. The van der Waals surface area contributed by atoms with Crippen molar-refractivity contribution in [1.29, 1.82) is 0 Å². The molecule has 0 heterocycles. The molecule has 0 spiro atoms. The third-order valence-corrected chi connectivity index (χ3v) is 5.90. The summed E-state index contributed by atoms with van der Waals surface area (Å²) in [4.78, 5) is 0.312. The second-order valence-electron chi connectivity index (χ2n) is 6.12. The van der Waals surface area contributed by atoms with Crippen molar-refractivity contribution in [3.05, 3.63) is 54.6 Å². The van der Waals surface area contributed by atoms with Crippen molar-refractivity contribution in [3.63, 3.8) is 0 Å². The van der Waals surface area contributed by atoms with E-state index >= 15 is 0 Å². The lowest BCUT2D eigenvalue weighted by Gasteiger charge is -2.26. The third kappa shape index (κ3) is 3.99. The minimum absolute atomic E-state index is 0.00593. The average molecular weight is 330 g/mol. The zero-order valence-corrected chi connectivity index (χ0v) is 13.8. The van der Waals surface area contributed by atoms with Gasteiger partial charge in [-0.3, -0.25) is 0 Å². The number of hydrogen-bond acceptors (Lipinski definition) is 3. The summed E-state index contributed by atoms with van der Waals surface area (Å²) in [5, 5.41) is 0. The largest absolute Gasteiger partial charge is 0.328 e. The van der Waals surface area contributed by atoms with Crippen molar-refractivity contribution in [2.24, 2.45) is 5.73 Å². The number of benzene rings is 2. The summed E-state index contributed by atoms with van der Waals surface area (Å²) in [7, 11) is -3.47. The molecule has 1 aliphatic carbocycles. The Labute approximate surface area is 137 Å². The van der Waals surface area contributed by atoms with Crippen LogP contribution in [0.4, 0.5) is 0 Å². The first kappa shape index (κ1) is 16.2. The maximum Gasteiger partial charge on any atom is 0.240 e. The fraction of sp³-hybridized carbons (Fsp3) is 0.333. The number of hydrogen-bond donors (Lipinski definition) is 2. The fourth-order valence-corrected chi connectivity index (χ4v) is 4.29. The summed E-state index contributed by atoms with van der Waals surface area (Å²) >= 11 is 0. The number of rotatable bonds is 4. The lowest BCUT2D eigenvalue weighted by Crippen LogP contribution is -2.40. The van der Waals surface area contributed by atoms with Crippen LogP contribution in [-0.4, -0.2) is 20.5 Å². The van der Waals surface area contributed by atoms with Gasteiger partial charge in [-0.05, 0) is 48.9 Å². The first-order valence-corrected chi connectivity index (χ1v) is 9.46. The topological polar surface area (TPSA) is 72.2 Å². The van der Waals surface area contributed by atoms with Gasteiger partial charge in [0.2, 0.25) is 10.0 Å². The Morgan fingerprint density at radius 2 is 1.39 bits per heavy atom. The Morgan fingerprint density at radius 3 is 2.00 bits per heavy atom. The lowest BCUT2D eigenvalue weighted by molar-refractivity contribution is 0.373. The van der Waals surface area contributed by atoms with Gasteiger partial charge in [-0.2, -0.15) is 0 Å². The van der Waals surface area contributed by atoms with E-state index in [0.717, 1.165) is 36.8 Å². The zero-order chi connectivity index (χ0) is 16.3. The highest BCUT2D eigenvalue weighted by Gasteiger charge is 2.24. The highest BCUT2D eigenvalue weighted by Crippen LogP contribution is 2.23. The molecule has 23 heavy (non-hydrogen) atoms. The van der Waals surface area contributed by atoms with Crippen LogP contribution in [0.3, 0.4) is 0 Å². The molecule has 2 aromatic carbocycles. The minimum Gasteiger partial charge on any atom is -0.328 e. The monoisotopic (exact) mass is 330 g/mol. The molecule has 0 atom stereocenters. The van der Waals surface area contributed by atoms with Gasteiger partial charge in [0, 0.05) is 12.1 Å². The number of nitrogens with two attached hydrogens (primary N) is 1. The molecule has 0 aromatic heterocycles. The highest BCUT2D eigenvalue weighted by atomic mass is 32.2. The van der Waals surface area contributed by atoms with E-state index in [1.54, 1.807) is 12.1 Å². The van der Waals surface area contributed by atoms with Gasteiger partial charge in [0.1, 0.15) is 0 Å². The van der Waals surface area contributed by atoms with Crippen LogP contribution in [0.5, 0.6) is 0 Å². The van der Waals surface area contributed by atoms with Crippen LogP contribution in [0.25, 0.3) is 11.1 Å².